The average Bonchev–Trinajstić information content (AvgIpc) is 2.96. The predicted octanol–water partition coefficient (Wildman–Crippen LogP) is -1.01. The van der Waals surface area contributed by atoms with Gasteiger partial charge in [-0.2, -0.15) is 0 Å². The molecule has 0 spiro atoms. The van der Waals surface area contributed by atoms with E-state index in [9.17, 15) is 0 Å². The zero-order valence-electron chi connectivity index (χ0n) is 12.9. The van der Waals surface area contributed by atoms with Crippen LogP contribution in [0.25, 0.3) is 0 Å². The van der Waals surface area contributed by atoms with E-state index in [1.807, 2.05) is 0 Å². The van der Waals surface area contributed by atoms with Crippen LogP contribution in [0.2, 0.25) is 18.3 Å². The van der Waals surface area contributed by atoms with Crippen molar-refractivity contribution in [1.29, 1.82) is 0 Å². The van der Waals surface area contributed by atoms with E-state index in [0.717, 1.165) is 0 Å². The van der Waals surface area contributed by atoms with Crippen molar-refractivity contribution in [3.05, 3.63) is 48.6 Å². The maximum Gasteiger partial charge on any atom is -1.00 e. The van der Waals surface area contributed by atoms with Crippen molar-refractivity contribution in [3.8, 4) is 0 Å². The molecule has 0 unspecified atom stereocenters. The third-order valence-corrected chi connectivity index (χ3v) is 34.1. The first-order chi connectivity index (χ1) is 8.56. The Morgan fingerprint density at radius 1 is 0.750 bits per heavy atom. The van der Waals surface area contributed by atoms with Crippen molar-refractivity contribution in [2.75, 3.05) is 0 Å². The summed E-state index contributed by atoms with van der Waals surface area (Å²) in [5.74, 6) is -0.556. The Morgan fingerprint density at radius 3 is 1.30 bits per heavy atom. The van der Waals surface area contributed by atoms with Crippen LogP contribution in [-0.4, -0.2) is 5.92 Å². The molecule has 0 saturated carbocycles. The van der Waals surface area contributed by atoms with E-state index in [2.05, 4.69) is 76.3 Å². The zero-order valence-corrected chi connectivity index (χ0v) is 19.7. The van der Waals surface area contributed by atoms with Crippen molar-refractivity contribution >= 4 is 5.92 Å². The van der Waals surface area contributed by atoms with Crippen LogP contribution in [0.3, 0.4) is 0 Å². The molecule has 2 rings (SSSR count). The maximum atomic E-state index is 2.51. The fraction of sp³-hybridized carbons (Fsp3) is 0.500. The summed E-state index contributed by atoms with van der Waals surface area (Å²) in [6.07, 6.45) is 19.2. The second kappa shape index (κ2) is 8.60. The summed E-state index contributed by atoms with van der Waals surface area (Å²) in [4.78, 5) is 0. The first kappa shape index (κ1) is 21.0. The number of allylic oxidation sites excluding steroid dienone is 8. The summed E-state index contributed by atoms with van der Waals surface area (Å²) in [5.41, 5.74) is 0. The minimum atomic E-state index is -1.59. The first-order valence-electron chi connectivity index (χ1n) is 7.17. The second-order valence-corrected chi connectivity index (χ2v) is 25.7. The molecule has 111 valence electrons. The molecule has 0 aromatic heterocycles. The van der Waals surface area contributed by atoms with E-state index in [4.69, 9.17) is 0 Å². The summed E-state index contributed by atoms with van der Waals surface area (Å²) in [6, 6.07) is 2.97. The third kappa shape index (κ3) is 4.06. The molecular weight excluding hydrogens is 471 g/mol. The molecule has 0 aromatic carbocycles. The summed E-state index contributed by atoms with van der Waals surface area (Å²) in [6.45, 7) is 9.91. The van der Waals surface area contributed by atoms with Crippen LogP contribution >= 0.6 is 0 Å². The van der Waals surface area contributed by atoms with Gasteiger partial charge < -0.3 is 34.0 Å². The molecule has 0 fully saturated rings. The molecule has 0 heterocycles. The van der Waals surface area contributed by atoms with Crippen molar-refractivity contribution in [1.82, 2.24) is 0 Å². The zero-order chi connectivity index (χ0) is 13.2. The van der Waals surface area contributed by atoms with Gasteiger partial charge in [-0.25, -0.2) is 0 Å². The van der Waals surface area contributed by atoms with E-state index in [1.165, 1.54) is 12.1 Å². The molecule has 20 heavy (non-hydrogen) atoms. The van der Waals surface area contributed by atoms with Gasteiger partial charge in [0.15, 0.2) is 0 Å². The van der Waals surface area contributed by atoms with Gasteiger partial charge in [0.05, 0.1) is 0 Å². The largest absolute Gasteiger partial charge is 1.00 e. The normalized spacial score (nSPS) is 20.1. The fourth-order valence-electron chi connectivity index (χ4n) is 3.65. The third-order valence-electron chi connectivity index (χ3n) is 4.55. The molecule has 0 nitrogen and oxygen atoms in total. The van der Waals surface area contributed by atoms with Crippen LogP contribution in [0, 0.1) is 0 Å². The number of hydrogen-bond donors (Lipinski definition) is 0. The Hall–Kier alpha value is 1.02. The number of hydrogen-bond acceptors (Lipinski definition) is 0. The summed E-state index contributed by atoms with van der Waals surface area (Å²) in [7, 11) is 0. The Kier molecular flexibility index (Phi) is 9.04. The summed E-state index contributed by atoms with van der Waals surface area (Å²) < 4.78 is 0.915. The van der Waals surface area contributed by atoms with E-state index in [-0.39, 0.29) is 34.0 Å². The van der Waals surface area contributed by atoms with Crippen molar-refractivity contribution in [2.45, 2.75) is 46.0 Å². The Bertz CT molecular complexity index is 364. The van der Waals surface area contributed by atoms with Crippen molar-refractivity contribution in [3.63, 3.8) is 0 Å². The van der Waals surface area contributed by atoms with E-state index in [1.54, 1.807) is 0 Å². The standard InChI is InChI=1S/2C6H7.C4H11Si.2BrH.Zr/c2*1-6-4-2-3-5-6;1-3-5-4-2;;;/h2*2-5H,1H3;5H,3-4H2,1-2H3;2*1H;/q;;;;;+2/p-2. The first-order valence-corrected chi connectivity index (χ1v) is 16.1. The number of halogens is 2. The van der Waals surface area contributed by atoms with Crippen LogP contribution in [-0.2, 0) is 20.9 Å². The molecule has 0 amide bonds. The van der Waals surface area contributed by atoms with Gasteiger partial charge >= 0.3 is 121 Å². The van der Waals surface area contributed by atoms with Crippen LogP contribution < -0.4 is 34.0 Å². The summed E-state index contributed by atoms with van der Waals surface area (Å²) >= 11 is -1.59. The SMILES string of the molecule is CC[SiH](CC)[Zr+2]([C]1(C)C=CC=C1)[C]1(C)C=CC=C1.[Br-].[Br-]. The molecule has 2 aliphatic rings. The topological polar surface area (TPSA) is 0 Å². The molecule has 0 aliphatic heterocycles. The summed E-state index contributed by atoms with van der Waals surface area (Å²) in [5, 5.41) is 0. The van der Waals surface area contributed by atoms with Gasteiger partial charge in [0.1, 0.15) is 0 Å². The van der Waals surface area contributed by atoms with Crippen molar-refractivity contribution in [2.24, 2.45) is 0 Å². The molecule has 0 atom stereocenters. The van der Waals surface area contributed by atoms with Gasteiger partial charge in [-0.3, -0.25) is 0 Å². The maximum absolute atomic E-state index is 2.51. The molecule has 0 saturated heterocycles. The monoisotopic (exact) mass is 493 g/mol. The number of rotatable bonds is 5. The smallest absolute Gasteiger partial charge is 1.00 e. The average molecular weight is 496 g/mol. The fourth-order valence-corrected chi connectivity index (χ4v) is 33.6. The Labute approximate surface area is 154 Å². The predicted molar refractivity (Wildman–Crippen MR) is 81.4 cm³/mol. The van der Waals surface area contributed by atoms with Crippen molar-refractivity contribution < 1.29 is 54.9 Å². The van der Waals surface area contributed by atoms with Crippen LogP contribution in [0.4, 0.5) is 0 Å². The molecule has 0 radical (unpaired) electrons. The molecule has 0 bridgehead atoms. The van der Waals surface area contributed by atoms with Gasteiger partial charge in [0.25, 0.3) is 0 Å². The molecular formula is C16H25Br2SiZr. The van der Waals surface area contributed by atoms with Gasteiger partial charge in [0, 0.05) is 0 Å². The van der Waals surface area contributed by atoms with E-state index < -0.39 is 26.8 Å². The van der Waals surface area contributed by atoms with Gasteiger partial charge in [-0.05, 0) is 0 Å². The molecule has 0 aromatic rings. The van der Waals surface area contributed by atoms with E-state index >= 15 is 0 Å². The Balaban J connectivity index is 0.00000180. The quantitative estimate of drug-likeness (QED) is 0.428. The Morgan fingerprint density at radius 2 is 1.05 bits per heavy atom. The molecule has 0 N–H and O–H groups in total. The van der Waals surface area contributed by atoms with Gasteiger partial charge in [-0.1, -0.05) is 0 Å². The van der Waals surface area contributed by atoms with Crippen LogP contribution in [0.5, 0.6) is 0 Å². The van der Waals surface area contributed by atoms with Gasteiger partial charge in [-0.15, -0.1) is 0 Å². The van der Waals surface area contributed by atoms with Crippen LogP contribution in [0.1, 0.15) is 27.7 Å². The second-order valence-electron chi connectivity index (χ2n) is 5.93. The van der Waals surface area contributed by atoms with Crippen LogP contribution in [0.15, 0.2) is 48.6 Å². The minimum Gasteiger partial charge on any atom is -1.00 e. The molecule has 2 aliphatic carbocycles. The minimum absolute atomic E-state index is 0. The molecule has 4 heteroatoms. The van der Waals surface area contributed by atoms with E-state index in [0.29, 0.717) is 6.25 Å². The van der Waals surface area contributed by atoms with Gasteiger partial charge in [0.2, 0.25) is 0 Å².